The number of hydrogen-bond acceptors (Lipinski definition) is 7. The highest BCUT2D eigenvalue weighted by Gasteiger charge is 2.66. The van der Waals surface area contributed by atoms with E-state index in [9.17, 15) is 5.11 Å². The third-order valence-electron chi connectivity index (χ3n) is 10.7. The van der Waals surface area contributed by atoms with Gasteiger partial charge in [-0.3, -0.25) is 0 Å². The number of aliphatic hydroxyl groups is 1. The third-order valence-corrected chi connectivity index (χ3v) is 10.7. The van der Waals surface area contributed by atoms with Crippen molar-refractivity contribution >= 4 is 12.2 Å². The van der Waals surface area contributed by atoms with Gasteiger partial charge in [-0.25, -0.2) is 10.4 Å². The van der Waals surface area contributed by atoms with Crippen LogP contribution in [0.25, 0.3) is 0 Å². The SMILES string of the molecule is C[C@]12CC[C@H](OCCCN)C[C@H]1CC[C@@H]1[C@@H]2CC[C@]2(C)[C@@H](/C=N/NC3=NCCN3)CC[C@]12O. The smallest absolute Gasteiger partial charge is 0.212 e. The molecule has 0 radical (unpaired) electrons. The Hall–Kier alpha value is -1.18. The van der Waals surface area contributed by atoms with Crippen molar-refractivity contribution in [2.24, 2.45) is 50.3 Å². The highest BCUT2D eigenvalue weighted by atomic mass is 16.5. The zero-order valence-electron chi connectivity index (χ0n) is 20.7. The molecular formula is C26H45N5O2. The average Bonchev–Trinajstić information content (AvgIpc) is 3.41. The molecule has 0 aromatic heterocycles. The van der Waals surface area contributed by atoms with E-state index in [1.165, 1.54) is 25.7 Å². The third kappa shape index (κ3) is 3.92. The Kier molecular flexibility index (Phi) is 6.51. The summed E-state index contributed by atoms with van der Waals surface area (Å²) in [5.74, 6) is 2.85. The molecule has 0 bridgehead atoms. The van der Waals surface area contributed by atoms with Crippen molar-refractivity contribution in [2.45, 2.75) is 89.8 Å². The first-order chi connectivity index (χ1) is 15.9. The van der Waals surface area contributed by atoms with E-state index in [0.717, 1.165) is 70.1 Å². The van der Waals surface area contributed by atoms with Crippen molar-refractivity contribution in [3.8, 4) is 0 Å². The van der Waals surface area contributed by atoms with Crippen LogP contribution in [0.3, 0.4) is 0 Å². The molecule has 0 spiro atoms. The molecule has 4 aliphatic carbocycles. The van der Waals surface area contributed by atoms with Gasteiger partial charge in [0.2, 0.25) is 5.96 Å². The molecule has 7 heteroatoms. The Bertz CT molecular complexity index is 774. The van der Waals surface area contributed by atoms with Crippen LogP contribution < -0.4 is 16.5 Å². The summed E-state index contributed by atoms with van der Waals surface area (Å²) >= 11 is 0. The van der Waals surface area contributed by atoms with Gasteiger partial charge in [-0.2, -0.15) is 5.10 Å². The molecule has 0 aromatic rings. The molecule has 1 aliphatic heterocycles. The van der Waals surface area contributed by atoms with Crippen molar-refractivity contribution in [1.29, 1.82) is 0 Å². The Morgan fingerprint density at radius 2 is 2.06 bits per heavy atom. The first kappa shape index (κ1) is 23.6. The zero-order chi connectivity index (χ0) is 23.1. The summed E-state index contributed by atoms with van der Waals surface area (Å²) in [6.07, 6.45) is 13.7. The van der Waals surface area contributed by atoms with Gasteiger partial charge in [-0.1, -0.05) is 13.8 Å². The van der Waals surface area contributed by atoms with Gasteiger partial charge in [0, 0.05) is 30.7 Å². The van der Waals surface area contributed by atoms with Gasteiger partial charge in [0.1, 0.15) is 0 Å². The predicted octanol–water partition coefficient (Wildman–Crippen LogP) is 3.03. The summed E-state index contributed by atoms with van der Waals surface area (Å²) in [5.41, 5.74) is 8.40. The Labute approximate surface area is 199 Å². The molecule has 5 rings (SSSR count). The van der Waals surface area contributed by atoms with E-state index >= 15 is 0 Å². The summed E-state index contributed by atoms with van der Waals surface area (Å²) in [7, 11) is 0. The fraction of sp³-hybridized carbons (Fsp3) is 0.923. The van der Waals surface area contributed by atoms with Crippen molar-refractivity contribution in [1.82, 2.24) is 10.7 Å². The number of nitrogens with one attached hydrogen (secondary N) is 2. The normalized spacial score (nSPS) is 46.9. The van der Waals surface area contributed by atoms with Crippen molar-refractivity contribution < 1.29 is 9.84 Å². The predicted molar refractivity (Wildman–Crippen MR) is 132 cm³/mol. The van der Waals surface area contributed by atoms with Gasteiger partial charge in [-0.05, 0) is 93.9 Å². The maximum atomic E-state index is 12.3. The maximum absolute atomic E-state index is 12.3. The molecule has 0 amide bonds. The molecule has 0 saturated heterocycles. The summed E-state index contributed by atoms with van der Waals surface area (Å²) in [4.78, 5) is 4.36. The summed E-state index contributed by atoms with van der Waals surface area (Å²) < 4.78 is 6.18. The lowest BCUT2D eigenvalue weighted by molar-refractivity contribution is -0.207. The minimum absolute atomic E-state index is 0.0873. The number of rotatable bonds is 6. The largest absolute Gasteiger partial charge is 0.389 e. The second-order valence-electron chi connectivity index (χ2n) is 12.0. The lowest BCUT2D eigenvalue weighted by Gasteiger charge is -2.63. The van der Waals surface area contributed by atoms with Gasteiger partial charge in [-0.15, -0.1) is 0 Å². The maximum Gasteiger partial charge on any atom is 0.212 e. The Morgan fingerprint density at radius 1 is 1.18 bits per heavy atom. The van der Waals surface area contributed by atoms with Gasteiger partial charge in [0.15, 0.2) is 0 Å². The molecule has 7 nitrogen and oxygen atoms in total. The number of aliphatic imine (C=N–C) groups is 1. The molecule has 4 fully saturated rings. The number of hydrogen-bond donors (Lipinski definition) is 4. The van der Waals surface area contributed by atoms with Crippen LogP contribution >= 0.6 is 0 Å². The van der Waals surface area contributed by atoms with Crippen LogP contribution in [0.15, 0.2) is 10.1 Å². The molecule has 4 saturated carbocycles. The highest BCUT2D eigenvalue weighted by Crippen LogP contribution is 2.68. The fourth-order valence-electron chi connectivity index (χ4n) is 8.61. The summed E-state index contributed by atoms with van der Waals surface area (Å²) in [5, 5.41) is 20.0. The zero-order valence-corrected chi connectivity index (χ0v) is 20.7. The van der Waals surface area contributed by atoms with E-state index in [4.69, 9.17) is 10.5 Å². The monoisotopic (exact) mass is 459 g/mol. The van der Waals surface area contributed by atoms with Crippen LogP contribution in [-0.2, 0) is 4.74 Å². The van der Waals surface area contributed by atoms with Crippen LogP contribution in [0.1, 0.15) is 78.1 Å². The number of nitrogens with zero attached hydrogens (tertiary/aromatic N) is 2. The van der Waals surface area contributed by atoms with Gasteiger partial charge in [0.05, 0.1) is 18.2 Å². The van der Waals surface area contributed by atoms with E-state index in [-0.39, 0.29) is 5.41 Å². The molecule has 5 N–H and O–H groups in total. The first-order valence-electron chi connectivity index (χ1n) is 13.5. The van der Waals surface area contributed by atoms with Crippen LogP contribution in [0, 0.1) is 34.5 Å². The minimum Gasteiger partial charge on any atom is -0.389 e. The molecule has 5 aliphatic rings. The van der Waals surface area contributed by atoms with E-state index in [2.05, 4.69) is 40.9 Å². The lowest BCUT2D eigenvalue weighted by atomic mass is 9.43. The number of hydrazone groups is 1. The molecule has 0 aromatic carbocycles. The van der Waals surface area contributed by atoms with Crippen molar-refractivity contribution in [3.63, 3.8) is 0 Å². The Morgan fingerprint density at radius 3 is 2.85 bits per heavy atom. The number of nitrogens with two attached hydrogens (primary N) is 1. The Balaban J connectivity index is 1.27. The molecule has 8 atom stereocenters. The average molecular weight is 460 g/mol. The van der Waals surface area contributed by atoms with E-state index in [1.807, 2.05) is 0 Å². The number of fused-ring (bicyclic) bond motifs is 5. The van der Waals surface area contributed by atoms with Crippen molar-refractivity contribution in [3.05, 3.63) is 0 Å². The molecule has 1 heterocycles. The van der Waals surface area contributed by atoms with Gasteiger partial charge in [0.25, 0.3) is 0 Å². The number of guanidine groups is 1. The second kappa shape index (κ2) is 9.12. The fourth-order valence-corrected chi connectivity index (χ4v) is 8.61. The molecule has 0 unspecified atom stereocenters. The van der Waals surface area contributed by atoms with E-state index in [1.54, 1.807) is 0 Å². The van der Waals surface area contributed by atoms with Gasteiger partial charge >= 0.3 is 0 Å². The molecule has 33 heavy (non-hydrogen) atoms. The van der Waals surface area contributed by atoms with Crippen LogP contribution in [-0.4, -0.2) is 55.2 Å². The van der Waals surface area contributed by atoms with Crippen LogP contribution in [0.5, 0.6) is 0 Å². The summed E-state index contributed by atoms with van der Waals surface area (Å²) in [6, 6.07) is 0. The van der Waals surface area contributed by atoms with E-state index in [0.29, 0.717) is 35.8 Å². The van der Waals surface area contributed by atoms with Crippen LogP contribution in [0.2, 0.25) is 0 Å². The van der Waals surface area contributed by atoms with Gasteiger partial charge < -0.3 is 20.9 Å². The molecule has 186 valence electrons. The van der Waals surface area contributed by atoms with Crippen molar-refractivity contribution in [2.75, 3.05) is 26.2 Å². The standard InChI is InChI=1S/C26H45N5O2/c1-24-9-7-20(33-15-3-12-27)16-18(24)4-5-22-21(24)8-10-25(2)19(6-11-26(22,25)32)17-30-31-23-28-13-14-29-23/h17-22,32H,3-16,27H2,1-2H3,(H2,28,29,31)/b30-17+/t18-,19-,20+,21+,22-,24+,25-,26+/m1/s1. The quantitative estimate of drug-likeness (QED) is 0.278. The highest BCUT2D eigenvalue weighted by molar-refractivity contribution is 5.81. The topological polar surface area (TPSA) is 104 Å². The first-order valence-corrected chi connectivity index (χ1v) is 13.5. The second-order valence-corrected chi connectivity index (χ2v) is 12.0. The van der Waals surface area contributed by atoms with E-state index < -0.39 is 5.60 Å². The van der Waals surface area contributed by atoms with Crippen LogP contribution in [0.4, 0.5) is 0 Å². The lowest BCUT2D eigenvalue weighted by Crippen LogP contribution is -2.62. The number of ether oxygens (including phenoxy) is 1. The molecular weight excluding hydrogens is 414 g/mol. The summed E-state index contributed by atoms with van der Waals surface area (Å²) in [6.45, 7) is 8.08. The minimum atomic E-state index is -0.571.